The normalized spacial score (nSPS) is 23.8. The Balaban J connectivity index is 1.20. The third-order valence-corrected chi connectivity index (χ3v) is 6.94. The van der Waals surface area contributed by atoms with Gasteiger partial charge in [-0.3, -0.25) is 14.6 Å². The second kappa shape index (κ2) is 8.01. The Morgan fingerprint density at radius 2 is 1.78 bits per heavy atom. The zero-order chi connectivity index (χ0) is 23.1. The number of halogens is 3. The van der Waals surface area contributed by atoms with Crippen molar-refractivity contribution in [3.05, 3.63) is 58.9 Å². The molecule has 0 N–H and O–H groups in total. The molecular weight excluding hydrogens is 419 g/mol. The molecule has 0 saturated heterocycles. The molecule has 2 bridgehead atoms. The number of hydrogen-bond acceptors (Lipinski definition) is 4. The van der Waals surface area contributed by atoms with Crippen molar-refractivity contribution in [1.82, 2.24) is 4.98 Å². The van der Waals surface area contributed by atoms with Gasteiger partial charge in [0.2, 0.25) is 0 Å². The summed E-state index contributed by atoms with van der Waals surface area (Å²) < 4.78 is 43.5. The summed E-state index contributed by atoms with van der Waals surface area (Å²) >= 11 is 0. The summed E-state index contributed by atoms with van der Waals surface area (Å²) in [6, 6.07) is 8.06. The van der Waals surface area contributed by atoms with Gasteiger partial charge in [-0.15, -0.1) is 0 Å². The predicted molar refractivity (Wildman–Crippen MR) is 112 cm³/mol. The molecule has 2 aromatic rings. The topological polar surface area (TPSA) is 56.3 Å². The average Bonchev–Trinajstić information content (AvgIpc) is 2.68. The van der Waals surface area contributed by atoms with E-state index in [9.17, 15) is 22.8 Å². The van der Waals surface area contributed by atoms with Gasteiger partial charge in [0.25, 0.3) is 0 Å². The highest BCUT2D eigenvalue weighted by Gasteiger charge is 2.70. The molecule has 5 rings (SSSR count). The van der Waals surface area contributed by atoms with Gasteiger partial charge in [0.15, 0.2) is 5.78 Å². The summed E-state index contributed by atoms with van der Waals surface area (Å²) in [5.41, 5.74) is 1.54. The molecule has 1 aromatic heterocycles. The van der Waals surface area contributed by atoms with Crippen molar-refractivity contribution in [3.63, 3.8) is 0 Å². The number of alkyl halides is 3. The average molecular weight is 445 g/mol. The molecule has 0 radical (unpaired) electrons. The first kappa shape index (κ1) is 22.5. The molecule has 170 valence electrons. The van der Waals surface area contributed by atoms with E-state index >= 15 is 0 Å². The van der Waals surface area contributed by atoms with Gasteiger partial charge in [-0.2, -0.15) is 13.2 Å². The molecule has 0 unspecified atom stereocenters. The highest BCUT2D eigenvalue weighted by molar-refractivity contribution is 5.90. The van der Waals surface area contributed by atoms with Gasteiger partial charge in [0.05, 0.1) is 5.56 Å². The first-order chi connectivity index (χ1) is 15.0. The van der Waals surface area contributed by atoms with Crippen LogP contribution in [0.1, 0.15) is 54.5 Å². The summed E-state index contributed by atoms with van der Waals surface area (Å²) in [5.74, 6) is 0.848. The molecule has 1 heterocycles. The summed E-state index contributed by atoms with van der Waals surface area (Å²) in [4.78, 5) is 28.9. The fraction of sp³-hybridized carbons (Fsp3) is 0.480. The molecule has 0 aliphatic heterocycles. The standard InChI is InChI=1S/C25H26F3NO3/c1-16-3-7-21(9-17(16)2)32-12-20(30)10-23-13-24(14-23,15-23)22(31)8-6-19-5-4-18(11-29-19)25(26,27)28/h3-5,7,9,11H,6,8,10,12-15H2,1-2H3. The number of aryl methyl sites for hydroxylation is 3. The Bertz CT molecular complexity index is 1020. The van der Waals surface area contributed by atoms with E-state index in [1.54, 1.807) is 0 Å². The van der Waals surface area contributed by atoms with Gasteiger partial charge in [-0.05, 0) is 80.3 Å². The van der Waals surface area contributed by atoms with Crippen LogP contribution in [0.3, 0.4) is 0 Å². The fourth-order valence-corrected chi connectivity index (χ4v) is 5.17. The van der Waals surface area contributed by atoms with E-state index in [0.717, 1.165) is 17.8 Å². The number of rotatable bonds is 9. The minimum Gasteiger partial charge on any atom is -0.486 e. The van der Waals surface area contributed by atoms with E-state index in [-0.39, 0.29) is 35.4 Å². The Kier molecular flexibility index (Phi) is 5.63. The van der Waals surface area contributed by atoms with Gasteiger partial charge in [-0.25, -0.2) is 0 Å². The first-order valence-corrected chi connectivity index (χ1v) is 10.8. The third kappa shape index (κ3) is 4.43. The van der Waals surface area contributed by atoms with Crippen LogP contribution in [0, 0.1) is 24.7 Å². The van der Waals surface area contributed by atoms with Crippen LogP contribution in [0.4, 0.5) is 13.2 Å². The molecule has 32 heavy (non-hydrogen) atoms. The number of carbonyl (C=O) groups is 2. The zero-order valence-electron chi connectivity index (χ0n) is 18.2. The summed E-state index contributed by atoms with van der Waals surface area (Å²) in [7, 11) is 0. The lowest BCUT2D eigenvalue weighted by atomic mass is 9.33. The van der Waals surface area contributed by atoms with E-state index in [4.69, 9.17) is 4.74 Å². The molecule has 1 aromatic carbocycles. The fourth-order valence-electron chi connectivity index (χ4n) is 5.17. The van der Waals surface area contributed by atoms with Gasteiger partial charge in [-0.1, -0.05) is 6.07 Å². The van der Waals surface area contributed by atoms with E-state index in [1.807, 2.05) is 32.0 Å². The minimum atomic E-state index is -4.41. The number of nitrogens with zero attached hydrogens (tertiary/aromatic N) is 1. The number of benzene rings is 1. The second-order valence-electron chi connectivity index (χ2n) is 9.52. The summed E-state index contributed by atoms with van der Waals surface area (Å²) in [5, 5.41) is 0. The quantitative estimate of drug-likeness (QED) is 0.517. The van der Waals surface area contributed by atoms with Crippen LogP contribution in [-0.4, -0.2) is 23.2 Å². The molecule has 3 fully saturated rings. The molecule has 7 heteroatoms. The van der Waals surface area contributed by atoms with Crippen molar-refractivity contribution >= 4 is 11.6 Å². The van der Waals surface area contributed by atoms with Crippen LogP contribution in [0.5, 0.6) is 5.75 Å². The van der Waals surface area contributed by atoms with Crippen molar-refractivity contribution in [2.45, 2.75) is 58.5 Å². The number of hydrogen-bond donors (Lipinski definition) is 0. The zero-order valence-corrected chi connectivity index (χ0v) is 18.2. The SMILES string of the molecule is Cc1ccc(OCC(=O)CC23CC(C(=O)CCc4ccc(C(F)(F)F)cn4)(C2)C3)cc1C. The molecule has 3 aliphatic rings. The lowest BCUT2D eigenvalue weighted by Gasteiger charge is -2.70. The lowest BCUT2D eigenvalue weighted by molar-refractivity contribution is -0.208. The number of ether oxygens (including phenoxy) is 1. The predicted octanol–water partition coefficient (Wildman–Crippen LogP) is 5.43. The van der Waals surface area contributed by atoms with Crippen molar-refractivity contribution in [3.8, 4) is 5.75 Å². The minimum absolute atomic E-state index is 0.0325. The van der Waals surface area contributed by atoms with Crippen molar-refractivity contribution in [2.75, 3.05) is 6.61 Å². The summed E-state index contributed by atoms with van der Waals surface area (Å²) in [6.07, 6.45) is -0.442. The highest BCUT2D eigenvalue weighted by Crippen LogP contribution is 2.75. The first-order valence-electron chi connectivity index (χ1n) is 10.8. The van der Waals surface area contributed by atoms with Gasteiger partial charge in [0, 0.05) is 30.1 Å². The van der Waals surface area contributed by atoms with E-state index in [1.165, 1.54) is 11.6 Å². The maximum Gasteiger partial charge on any atom is 0.417 e. The maximum absolute atomic E-state index is 12.7. The van der Waals surface area contributed by atoms with Crippen molar-refractivity contribution in [1.29, 1.82) is 0 Å². The van der Waals surface area contributed by atoms with Crippen LogP contribution in [-0.2, 0) is 22.2 Å². The smallest absolute Gasteiger partial charge is 0.417 e. The van der Waals surface area contributed by atoms with Crippen LogP contribution >= 0.6 is 0 Å². The Morgan fingerprint density at radius 1 is 1.06 bits per heavy atom. The molecule has 0 spiro atoms. The Labute approximate surface area is 185 Å². The summed E-state index contributed by atoms with van der Waals surface area (Å²) in [6.45, 7) is 4.05. The number of aromatic nitrogens is 1. The number of pyridine rings is 1. The van der Waals surface area contributed by atoms with Crippen molar-refractivity contribution in [2.24, 2.45) is 10.8 Å². The largest absolute Gasteiger partial charge is 0.486 e. The number of carbonyl (C=O) groups excluding carboxylic acids is 2. The van der Waals surface area contributed by atoms with Gasteiger partial charge >= 0.3 is 6.18 Å². The van der Waals surface area contributed by atoms with E-state index in [0.29, 0.717) is 43.5 Å². The maximum atomic E-state index is 12.7. The Morgan fingerprint density at radius 3 is 2.38 bits per heavy atom. The molecule has 4 nitrogen and oxygen atoms in total. The Hall–Kier alpha value is -2.70. The second-order valence-corrected chi connectivity index (χ2v) is 9.52. The molecular formula is C25H26F3NO3. The van der Waals surface area contributed by atoms with Crippen LogP contribution in [0.15, 0.2) is 36.5 Å². The van der Waals surface area contributed by atoms with Crippen molar-refractivity contribution < 1.29 is 27.5 Å². The van der Waals surface area contributed by atoms with Crippen LogP contribution in [0.2, 0.25) is 0 Å². The molecule has 0 amide bonds. The molecule has 0 atom stereocenters. The third-order valence-electron chi connectivity index (χ3n) is 6.94. The van der Waals surface area contributed by atoms with Gasteiger partial charge < -0.3 is 4.74 Å². The van der Waals surface area contributed by atoms with Crippen LogP contribution in [0.25, 0.3) is 0 Å². The van der Waals surface area contributed by atoms with E-state index in [2.05, 4.69) is 4.98 Å². The lowest BCUT2D eigenvalue weighted by Crippen LogP contribution is -2.66. The molecule has 3 saturated carbocycles. The monoisotopic (exact) mass is 445 g/mol. The van der Waals surface area contributed by atoms with Gasteiger partial charge in [0.1, 0.15) is 18.1 Å². The number of Topliss-reactive ketones (excluding diaryl/α,β-unsaturated/α-hetero) is 2. The highest BCUT2D eigenvalue weighted by atomic mass is 19.4. The van der Waals surface area contributed by atoms with Crippen LogP contribution < -0.4 is 4.74 Å². The number of ketones is 2. The molecule has 3 aliphatic carbocycles. The van der Waals surface area contributed by atoms with E-state index < -0.39 is 11.7 Å².